The van der Waals surface area contributed by atoms with Gasteiger partial charge in [0.05, 0.1) is 7.11 Å². The van der Waals surface area contributed by atoms with Gasteiger partial charge in [-0.25, -0.2) is 9.78 Å². The van der Waals surface area contributed by atoms with Gasteiger partial charge in [-0.3, -0.25) is 4.79 Å². The van der Waals surface area contributed by atoms with Gasteiger partial charge in [0.1, 0.15) is 6.04 Å². The van der Waals surface area contributed by atoms with Gasteiger partial charge in [0.2, 0.25) is 5.91 Å². The summed E-state index contributed by atoms with van der Waals surface area (Å²) in [5.74, 6) is -0.447. The number of carbonyl (C=O) groups excluding carboxylic acids is 2. The molecule has 7 heteroatoms. The number of nitrogens with zero attached hydrogens (tertiary/aromatic N) is 2. The van der Waals surface area contributed by atoms with Crippen LogP contribution in [0.3, 0.4) is 0 Å². The Labute approximate surface area is 123 Å². The largest absolute Gasteiger partial charge is 0.464 e. The number of ether oxygens (including phenoxy) is 1. The topological polar surface area (TPSA) is 71.5 Å². The van der Waals surface area contributed by atoms with E-state index in [1.165, 1.54) is 18.4 Å². The summed E-state index contributed by atoms with van der Waals surface area (Å²) in [6, 6.07) is -0.383. The maximum atomic E-state index is 12.1. The van der Waals surface area contributed by atoms with Crippen molar-refractivity contribution in [2.45, 2.75) is 33.7 Å². The zero-order valence-electron chi connectivity index (χ0n) is 12.5. The summed E-state index contributed by atoms with van der Waals surface area (Å²) >= 11 is 1.34. The van der Waals surface area contributed by atoms with Crippen molar-refractivity contribution in [3.8, 4) is 0 Å². The minimum atomic E-state index is -0.463. The molecule has 1 rings (SSSR count). The minimum absolute atomic E-state index is 0.0162. The van der Waals surface area contributed by atoms with Crippen LogP contribution in [0, 0.1) is 6.92 Å². The van der Waals surface area contributed by atoms with Crippen molar-refractivity contribution in [1.82, 2.24) is 9.88 Å². The molecule has 1 aromatic heterocycles. The van der Waals surface area contributed by atoms with Crippen LogP contribution in [0.1, 0.15) is 36.1 Å². The van der Waals surface area contributed by atoms with Crippen LogP contribution in [0.4, 0.5) is 5.13 Å². The zero-order valence-corrected chi connectivity index (χ0v) is 13.3. The fourth-order valence-corrected chi connectivity index (χ4v) is 2.69. The average molecular weight is 299 g/mol. The smallest absolute Gasteiger partial charge is 0.357 e. The third-order valence-corrected chi connectivity index (χ3v) is 3.86. The third kappa shape index (κ3) is 3.69. The van der Waals surface area contributed by atoms with Gasteiger partial charge in [0.15, 0.2) is 10.8 Å². The van der Waals surface area contributed by atoms with Crippen LogP contribution >= 0.6 is 11.3 Å². The molecule has 0 radical (unpaired) electrons. The van der Waals surface area contributed by atoms with E-state index < -0.39 is 5.97 Å². The van der Waals surface area contributed by atoms with Crippen molar-refractivity contribution in [1.29, 1.82) is 0 Å². The number of aromatic nitrogens is 1. The summed E-state index contributed by atoms with van der Waals surface area (Å²) in [5.41, 5.74) is 0.294. The summed E-state index contributed by atoms with van der Waals surface area (Å²) in [6.45, 7) is 8.81. The molecule has 20 heavy (non-hydrogen) atoms. The molecule has 1 aromatic rings. The second kappa shape index (κ2) is 7.23. The molecule has 0 aliphatic heterocycles. The molecule has 1 amide bonds. The molecule has 1 atom stereocenters. The van der Waals surface area contributed by atoms with Gasteiger partial charge in [-0.05, 0) is 27.7 Å². The maximum absolute atomic E-state index is 12.1. The number of amides is 1. The molecule has 1 unspecified atom stereocenters. The predicted octanol–water partition coefficient (Wildman–Crippen LogP) is 1.91. The Morgan fingerprint density at radius 3 is 2.50 bits per heavy atom. The minimum Gasteiger partial charge on any atom is -0.464 e. The lowest BCUT2D eigenvalue weighted by Crippen LogP contribution is -2.41. The van der Waals surface area contributed by atoms with Crippen LogP contribution in [-0.4, -0.2) is 48.0 Å². The first-order valence-electron chi connectivity index (χ1n) is 6.55. The van der Waals surface area contributed by atoms with Crippen LogP contribution < -0.4 is 5.32 Å². The summed E-state index contributed by atoms with van der Waals surface area (Å²) in [4.78, 5) is 30.3. The van der Waals surface area contributed by atoms with Crippen LogP contribution in [-0.2, 0) is 9.53 Å². The Bertz CT molecular complexity index is 483. The number of nitrogens with one attached hydrogen (secondary N) is 1. The zero-order chi connectivity index (χ0) is 15.3. The summed E-state index contributed by atoms with van der Waals surface area (Å²) in [5, 5.41) is 3.59. The molecule has 1 N–H and O–H groups in total. The van der Waals surface area contributed by atoms with Crippen LogP contribution in [0.2, 0.25) is 0 Å². The SMILES string of the molecule is CCN(CC)C(=O)C(C)Nc1nc(C(=O)OC)c(C)s1. The number of carbonyl (C=O) groups is 2. The number of rotatable bonds is 6. The second-order valence-corrected chi connectivity index (χ2v) is 5.50. The van der Waals surface area contributed by atoms with Crippen molar-refractivity contribution in [2.75, 3.05) is 25.5 Å². The lowest BCUT2D eigenvalue weighted by molar-refractivity contribution is -0.131. The molecule has 0 saturated carbocycles. The Morgan fingerprint density at radius 2 is 2.00 bits per heavy atom. The van der Waals surface area contributed by atoms with Crippen LogP contribution in [0.25, 0.3) is 0 Å². The van der Waals surface area contributed by atoms with E-state index in [0.717, 1.165) is 4.88 Å². The molecule has 0 bridgehead atoms. The van der Waals surface area contributed by atoms with Gasteiger partial charge in [-0.2, -0.15) is 0 Å². The second-order valence-electron chi connectivity index (χ2n) is 4.29. The number of esters is 1. The molecule has 0 aliphatic carbocycles. The molecule has 0 aliphatic rings. The normalized spacial score (nSPS) is 11.8. The van der Waals surface area contributed by atoms with Gasteiger partial charge in [-0.15, -0.1) is 11.3 Å². The fraction of sp³-hybridized carbons (Fsp3) is 0.615. The molecule has 0 spiro atoms. The van der Waals surface area contributed by atoms with Crippen molar-refractivity contribution >= 4 is 28.3 Å². The van der Waals surface area contributed by atoms with Crippen molar-refractivity contribution in [2.24, 2.45) is 0 Å². The molecular formula is C13H21N3O3S. The van der Waals surface area contributed by atoms with E-state index in [-0.39, 0.29) is 11.9 Å². The first-order chi connectivity index (χ1) is 9.44. The molecule has 112 valence electrons. The van der Waals surface area contributed by atoms with Crippen molar-refractivity contribution in [3.63, 3.8) is 0 Å². The van der Waals surface area contributed by atoms with Crippen LogP contribution in [0.5, 0.6) is 0 Å². The number of hydrogen-bond acceptors (Lipinski definition) is 6. The third-order valence-electron chi connectivity index (χ3n) is 2.96. The molecule has 0 aromatic carbocycles. The van der Waals surface area contributed by atoms with Gasteiger partial charge >= 0.3 is 5.97 Å². The van der Waals surface area contributed by atoms with E-state index in [1.54, 1.807) is 18.7 Å². The fourth-order valence-electron chi connectivity index (χ4n) is 1.80. The number of likely N-dealkylation sites (N-methyl/N-ethyl adjacent to an activating group) is 1. The Hall–Kier alpha value is -1.63. The number of anilines is 1. The van der Waals surface area contributed by atoms with E-state index in [1.807, 2.05) is 13.8 Å². The van der Waals surface area contributed by atoms with Crippen molar-refractivity contribution < 1.29 is 14.3 Å². The Morgan fingerprint density at radius 1 is 1.40 bits per heavy atom. The first-order valence-corrected chi connectivity index (χ1v) is 7.37. The van der Waals surface area contributed by atoms with Gasteiger partial charge in [0, 0.05) is 18.0 Å². The highest BCUT2D eigenvalue weighted by Gasteiger charge is 2.21. The van der Waals surface area contributed by atoms with Gasteiger partial charge < -0.3 is 15.0 Å². The Balaban J connectivity index is 2.78. The molecular weight excluding hydrogens is 278 g/mol. The van der Waals surface area contributed by atoms with E-state index >= 15 is 0 Å². The number of hydrogen-bond donors (Lipinski definition) is 1. The average Bonchev–Trinajstić information content (AvgIpc) is 2.79. The summed E-state index contributed by atoms with van der Waals surface area (Å²) in [7, 11) is 1.32. The lowest BCUT2D eigenvalue weighted by atomic mass is 10.3. The number of methoxy groups -OCH3 is 1. The standard InChI is InChI=1S/C13H21N3O3S/c1-6-16(7-2)11(17)8(3)14-13-15-10(9(4)20-13)12(18)19-5/h8H,6-7H2,1-5H3,(H,14,15). The Kier molecular flexibility index (Phi) is 5.94. The monoisotopic (exact) mass is 299 g/mol. The van der Waals surface area contributed by atoms with Crippen molar-refractivity contribution in [3.05, 3.63) is 10.6 Å². The van der Waals surface area contributed by atoms with E-state index in [2.05, 4.69) is 15.0 Å². The maximum Gasteiger partial charge on any atom is 0.357 e. The summed E-state index contributed by atoms with van der Waals surface area (Å²) in [6.07, 6.45) is 0. The summed E-state index contributed by atoms with van der Waals surface area (Å²) < 4.78 is 4.66. The molecule has 0 fully saturated rings. The molecule has 0 saturated heterocycles. The van der Waals surface area contributed by atoms with E-state index in [4.69, 9.17) is 0 Å². The van der Waals surface area contributed by atoms with Gasteiger partial charge in [-0.1, -0.05) is 0 Å². The number of aryl methyl sites for hydroxylation is 1. The highest BCUT2D eigenvalue weighted by atomic mass is 32.1. The van der Waals surface area contributed by atoms with E-state index in [9.17, 15) is 9.59 Å². The predicted molar refractivity (Wildman–Crippen MR) is 79.2 cm³/mol. The van der Waals surface area contributed by atoms with Crippen LogP contribution in [0.15, 0.2) is 0 Å². The van der Waals surface area contributed by atoms with Gasteiger partial charge in [0.25, 0.3) is 0 Å². The first kappa shape index (κ1) is 16.4. The quantitative estimate of drug-likeness (QED) is 0.812. The number of thiazole rings is 1. The molecule has 1 heterocycles. The lowest BCUT2D eigenvalue weighted by Gasteiger charge is -2.23. The van der Waals surface area contributed by atoms with E-state index in [0.29, 0.717) is 23.9 Å². The highest BCUT2D eigenvalue weighted by Crippen LogP contribution is 2.23. The highest BCUT2D eigenvalue weighted by molar-refractivity contribution is 7.15. The molecule has 6 nitrogen and oxygen atoms in total.